The fourth-order valence-corrected chi connectivity index (χ4v) is 2.88. The van der Waals surface area contributed by atoms with E-state index in [2.05, 4.69) is 15.6 Å². The summed E-state index contributed by atoms with van der Waals surface area (Å²) in [4.78, 5) is 12.6. The Morgan fingerprint density at radius 3 is 2.72 bits per heavy atom. The van der Waals surface area contributed by atoms with Gasteiger partial charge in [-0.25, -0.2) is 4.68 Å². The summed E-state index contributed by atoms with van der Waals surface area (Å²) in [6.45, 7) is 1.77. The van der Waals surface area contributed by atoms with E-state index in [4.69, 9.17) is 15.2 Å². The van der Waals surface area contributed by atoms with Crippen LogP contribution in [-0.2, 0) is 16.1 Å². The normalized spacial score (nSPS) is 16.4. The summed E-state index contributed by atoms with van der Waals surface area (Å²) in [5, 5.41) is 11.1. The van der Waals surface area contributed by atoms with Gasteiger partial charge < -0.3 is 20.5 Å². The summed E-state index contributed by atoms with van der Waals surface area (Å²) in [5.41, 5.74) is 6.87. The van der Waals surface area contributed by atoms with Gasteiger partial charge in [-0.15, -0.1) is 5.10 Å². The molecule has 0 spiro atoms. The molecule has 0 aliphatic carbocycles. The van der Waals surface area contributed by atoms with E-state index in [1.807, 2.05) is 24.3 Å². The third-order valence-corrected chi connectivity index (χ3v) is 4.63. The first-order chi connectivity index (χ1) is 12.2. The number of nitrogens with zero attached hydrogens (tertiary/aromatic N) is 3. The van der Waals surface area contributed by atoms with Gasteiger partial charge in [0.05, 0.1) is 31.0 Å². The quantitative estimate of drug-likeness (QED) is 0.796. The lowest BCUT2D eigenvalue weighted by molar-refractivity contribution is -0.136. The molecule has 1 aromatic carbocycles. The summed E-state index contributed by atoms with van der Waals surface area (Å²) in [6, 6.07) is 7.49. The highest BCUT2D eigenvalue weighted by atomic mass is 16.5. The maximum Gasteiger partial charge on any atom is 0.227 e. The summed E-state index contributed by atoms with van der Waals surface area (Å²) in [6.07, 6.45) is 3.09. The molecule has 1 aliphatic rings. The van der Waals surface area contributed by atoms with Gasteiger partial charge in [-0.2, -0.15) is 0 Å². The molecule has 1 aromatic heterocycles. The molecule has 134 valence electrons. The SMILES string of the molecule is COc1ccc(-n2cc(CNC(=O)C3(CN)CCOCC3)nn2)cc1. The minimum absolute atomic E-state index is 0.0442. The Morgan fingerprint density at radius 1 is 1.36 bits per heavy atom. The van der Waals surface area contributed by atoms with Crippen molar-refractivity contribution in [2.75, 3.05) is 26.9 Å². The lowest BCUT2D eigenvalue weighted by Gasteiger charge is -2.34. The first-order valence-corrected chi connectivity index (χ1v) is 8.29. The molecule has 0 saturated carbocycles. The lowest BCUT2D eigenvalue weighted by atomic mass is 9.79. The molecule has 0 radical (unpaired) electrons. The molecule has 1 amide bonds. The average Bonchev–Trinajstić information content (AvgIpc) is 3.15. The Kier molecular flexibility index (Phi) is 5.30. The van der Waals surface area contributed by atoms with E-state index in [-0.39, 0.29) is 5.91 Å². The smallest absolute Gasteiger partial charge is 0.227 e. The molecule has 3 N–H and O–H groups in total. The highest BCUT2D eigenvalue weighted by Gasteiger charge is 2.38. The van der Waals surface area contributed by atoms with Gasteiger partial charge in [-0.1, -0.05) is 5.21 Å². The highest BCUT2D eigenvalue weighted by Crippen LogP contribution is 2.29. The van der Waals surface area contributed by atoms with Crippen molar-refractivity contribution in [1.82, 2.24) is 20.3 Å². The molecule has 2 aromatic rings. The Hall–Kier alpha value is -2.45. The number of carbonyl (C=O) groups excluding carboxylic acids is 1. The number of nitrogens with two attached hydrogens (primary N) is 1. The van der Waals surface area contributed by atoms with Crippen LogP contribution in [0.3, 0.4) is 0 Å². The second-order valence-electron chi connectivity index (χ2n) is 6.13. The maximum atomic E-state index is 12.6. The van der Waals surface area contributed by atoms with Crippen molar-refractivity contribution in [2.45, 2.75) is 19.4 Å². The van der Waals surface area contributed by atoms with Crippen molar-refractivity contribution in [3.05, 3.63) is 36.2 Å². The summed E-state index contributed by atoms with van der Waals surface area (Å²) < 4.78 is 12.1. The molecule has 1 saturated heterocycles. The van der Waals surface area contributed by atoms with Gasteiger partial charge in [0, 0.05) is 19.8 Å². The van der Waals surface area contributed by atoms with Gasteiger partial charge in [0.2, 0.25) is 5.91 Å². The van der Waals surface area contributed by atoms with E-state index in [0.717, 1.165) is 11.4 Å². The number of hydrogen-bond acceptors (Lipinski definition) is 6. The van der Waals surface area contributed by atoms with Gasteiger partial charge in [0.15, 0.2) is 0 Å². The number of rotatable bonds is 6. The third kappa shape index (κ3) is 3.80. The van der Waals surface area contributed by atoms with E-state index in [1.165, 1.54) is 0 Å². The summed E-state index contributed by atoms with van der Waals surface area (Å²) in [5.74, 6) is 0.734. The van der Waals surface area contributed by atoms with Crippen LogP contribution in [0.15, 0.2) is 30.5 Å². The molecular formula is C17H23N5O3. The second-order valence-corrected chi connectivity index (χ2v) is 6.13. The number of carbonyl (C=O) groups is 1. The van der Waals surface area contributed by atoms with Gasteiger partial charge in [0.1, 0.15) is 11.4 Å². The monoisotopic (exact) mass is 345 g/mol. The number of amides is 1. The first kappa shape index (κ1) is 17.4. The van der Waals surface area contributed by atoms with Crippen molar-refractivity contribution in [1.29, 1.82) is 0 Å². The maximum absolute atomic E-state index is 12.6. The van der Waals surface area contributed by atoms with Crippen LogP contribution in [0.4, 0.5) is 0 Å². The molecule has 8 nitrogen and oxygen atoms in total. The van der Waals surface area contributed by atoms with Gasteiger partial charge in [-0.3, -0.25) is 4.79 Å². The molecule has 25 heavy (non-hydrogen) atoms. The molecule has 2 heterocycles. The number of hydrogen-bond donors (Lipinski definition) is 2. The molecule has 3 rings (SSSR count). The van der Waals surface area contributed by atoms with E-state index in [0.29, 0.717) is 44.8 Å². The van der Waals surface area contributed by atoms with Crippen LogP contribution >= 0.6 is 0 Å². The molecular weight excluding hydrogens is 322 g/mol. The van der Waals surface area contributed by atoms with Crippen molar-refractivity contribution >= 4 is 5.91 Å². The number of nitrogens with one attached hydrogen (secondary N) is 1. The standard InChI is InChI=1S/C17H23N5O3/c1-24-15-4-2-14(3-5-15)22-11-13(20-21-22)10-19-16(23)17(12-18)6-8-25-9-7-17/h2-5,11H,6-10,12,18H2,1H3,(H,19,23). The van der Waals surface area contributed by atoms with E-state index < -0.39 is 5.41 Å². The highest BCUT2D eigenvalue weighted by molar-refractivity contribution is 5.83. The fraction of sp³-hybridized carbons (Fsp3) is 0.471. The Labute approximate surface area is 146 Å². The predicted molar refractivity (Wildman–Crippen MR) is 91.3 cm³/mol. The molecule has 1 aliphatic heterocycles. The summed E-state index contributed by atoms with van der Waals surface area (Å²) >= 11 is 0. The van der Waals surface area contributed by atoms with Crippen molar-refractivity contribution in [3.63, 3.8) is 0 Å². The number of methoxy groups -OCH3 is 1. The van der Waals surface area contributed by atoms with Gasteiger partial charge in [-0.05, 0) is 37.1 Å². The Morgan fingerprint density at radius 2 is 2.08 bits per heavy atom. The van der Waals surface area contributed by atoms with E-state index in [1.54, 1.807) is 18.0 Å². The molecule has 0 bridgehead atoms. The van der Waals surface area contributed by atoms with Crippen molar-refractivity contribution in [3.8, 4) is 11.4 Å². The zero-order chi connectivity index (χ0) is 17.7. The first-order valence-electron chi connectivity index (χ1n) is 8.29. The van der Waals surface area contributed by atoms with Crippen LogP contribution in [0.5, 0.6) is 5.75 Å². The van der Waals surface area contributed by atoms with Gasteiger partial charge >= 0.3 is 0 Å². The van der Waals surface area contributed by atoms with E-state index >= 15 is 0 Å². The van der Waals surface area contributed by atoms with Gasteiger partial charge in [0.25, 0.3) is 0 Å². The van der Waals surface area contributed by atoms with Crippen molar-refractivity contribution in [2.24, 2.45) is 11.1 Å². The molecule has 0 atom stereocenters. The van der Waals surface area contributed by atoms with Crippen LogP contribution < -0.4 is 15.8 Å². The average molecular weight is 345 g/mol. The zero-order valence-corrected chi connectivity index (χ0v) is 14.3. The number of ether oxygens (including phenoxy) is 2. The largest absolute Gasteiger partial charge is 0.497 e. The van der Waals surface area contributed by atoms with Crippen LogP contribution in [0.2, 0.25) is 0 Å². The Balaban J connectivity index is 1.62. The lowest BCUT2D eigenvalue weighted by Crippen LogP contribution is -2.49. The molecule has 8 heteroatoms. The van der Waals surface area contributed by atoms with Crippen LogP contribution in [0.1, 0.15) is 18.5 Å². The third-order valence-electron chi connectivity index (χ3n) is 4.63. The topological polar surface area (TPSA) is 104 Å². The summed E-state index contributed by atoms with van der Waals surface area (Å²) in [7, 11) is 1.62. The second kappa shape index (κ2) is 7.62. The van der Waals surface area contributed by atoms with Crippen molar-refractivity contribution < 1.29 is 14.3 Å². The van der Waals surface area contributed by atoms with E-state index in [9.17, 15) is 4.79 Å². The minimum atomic E-state index is -0.537. The molecule has 0 unspecified atom stereocenters. The molecule has 1 fully saturated rings. The number of benzene rings is 1. The predicted octanol–water partition coefficient (Wildman–Crippen LogP) is 0.648. The zero-order valence-electron chi connectivity index (χ0n) is 14.3. The van der Waals surface area contributed by atoms with Crippen LogP contribution in [-0.4, -0.2) is 47.8 Å². The Bertz CT molecular complexity index is 707. The fourth-order valence-electron chi connectivity index (χ4n) is 2.88. The number of aromatic nitrogens is 3. The minimum Gasteiger partial charge on any atom is -0.497 e. The van der Waals surface area contributed by atoms with Crippen LogP contribution in [0, 0.1) is 5.41 Å². The van der Waals surface area contributed by atoms with Crippen LogP contribution in [0.25, 0.3) is 5.69 Å².